The molecule has 1 aliphatic heterocycles. The van der Waals surface area contributed by atoms with Crippen molar-refractivity contribution in [1.82, 2.24) is 5.32 Å². The van der Waals surface area contributed by atoms with Gasteiger partial charge in [0.25, 0.3) is 0 Å². The topological polar surface area (TPSA) is 85.6 Å². The fourth-order valence-corrected chi connectivity index (χ4v) is 1.97. The average molecular weight is 285 g/mol. The predicted octanol–water partition coefficient (Wildman–Crippen LogP) is 2.32. The number of urea groups is 1. The third-order valence-corrected chi connectivity index (χ3v) is 3.06. The quantitative estimate of drug-likeness (QED) is 0.755. The van der Waals surface area contributed by atoms with Gasteiger partial charge in [-0.1, -0.05) is 6.07 Å². The van der Waals surface area contributed by atoms with Crippen LogP contribution < -0.4 is 25.8 Å². The van der Waals surface area contributed by atoms with Gasteiger partial charge >= 0.3 is 6.03 Å². The number of carbonyl (C=O) groups excluding carboxylic acids is 1. The molecule has 0 unspecified atom stereocenters. The number of benzene rings is 2. The number of anilines is 2. The van der Waals surface area contributed by atoms with Gasteiger partial charge in [0, 0.05) is 17.9 Å². The number of amides is 2. The van der Waals surface area contributed by atoms with E-state index in [1.807, 2.05) is 18.2 Å². The van der Waals surface area contributed by atoms with Gasteiger partial charge in [0.2, 0.25) is 6.79 Å². The van der Waals surface area contributed by atoms with Gasteiger partial charge in [0.15, 0.2) is 11.5 Å². The maximum Gasteiger partial charge on any atom is 0.319 e. The van der Waals surface area contributed by atoms with Crippen LogP contribution in [0.4, 0.5) is 16.2 Å². The van der Waals surface area contributed by atoms with Crippen LogP contribution in [0.5, 0.6) is 11.5 Å². The van der Waals surface area contributed by atoms with Crippen LogP contribution in [-0.2, 0) is 6.54 Å². The zero-order valence-corrected chi connectivity index (χ0v) is 11.3. The lowest BCUT2D eigenvalue weighted by molar-refractivity contribution is 0.174. The zero-order chi connectivity index (χ0) is 14.7. The van der Waals surface area contributed by atoms with E-state index >= 15 is 0 Å². The molecule has 1 heterocycles. The molecule has 0 saturated heterocycles. The molecule has 0 bridgehead atoms. The first-order valence-electron chi connectivity index (χ1n) is 6.49. The molecule has 21 heavy (non-hydrogen) atoms. The van der Waals surface area contributed by atoms with Crippen LogP contribution in [0.1, 0.15) is 5.56 Å². The molecule has 108 valence electrons. The molecule has 0 aliphatic carbocycles. The molecule has 2 aromatic rings. The Morgan fingerprint density at radius 1 is 1.10 bits per heavy atom. The minimum Gasteiger partial charge on any atom is -0.454 e. The van der Waals surface area contributed by atoms with E-state index in [0.717, 1.165) is 11.3 Å². The number of rotatable bonds is 3. The summed E-state index contributed by atoms with van der Waals surface area (Å²) in [4.78, 5) is 11.8. The Labute approximate surface area is 121 Å². The summed E-state index contributed by atoms with van der Waals surface area (Å²) in [6, 6.07) is 12.2. The Bertz CT molecular complexity index is 656. The molecule has 1 aliphatic rings. The number of ether oxygens (including phenoxy) is 2. The number of nitrogens with one attached hydrogen (secondary N) is 2. The molecule has 0 fully saturated rings. The second kappa shape index (κ2) is 5.62. The maximum atomic E-state index is 11.8. The van der Waals surface area contributed by atoms with E-state index in [1.165, 1.54) is 0 Å². The first-order valence-corrected chi connectivity index (χ1v) is 6.49. The average Bonchev–Trinajstić information content (AvgIpc) is 2.95. The summed E-state index contributed by atoms with van der Waals surface area (Å²) in [5.41, 5.74) is 7.86. The fourth-order valence-electron chi connectivity index (χ4n) is 1.97. The van der Waals surface area contributed by atoms with Crippen molar-refractivity contribution in [1.29, 1.82) is 0 Å². The number of hydrogen-bond acceptors (Lipinski definition) is 4. The molecule has 6 heteroatoms. The lowest BCUT2D eigenvalue weighted by Crippen LogP contribution is -2.28. The summed E-state index contributed by atoms with van der Waals surface area (Å²) in [5, 5.41) is 5.51. The number of hydrogen-bond donors (Lipinski definition) is 3. The van der Waals surface area contributed by atoms with Crippen molar-refractivity contribution in [2.45, 2.75) is 6.54 Å². The van der Waals surface area contributed by atoms with Gasteiger partial charge in [0.05, 0.1) is 0 Å². The highest BCUT2D eigenvalue weighted by Crippen LogP contribution is 2.32. The molecule has 6 nitrogen and oxygen atoms in total. The second-order valence-corrected chi connectivity index (χ2v) is 4.62. The molecular weight excluding hydrogens is 270 g/mol. The molecule has 3 rings (SSSR count). The van der Waals surface area contributed by atoms with Crippen molar-refractivity contribution in [2.75, 3.05) is 17.8 Å². The summed E-state index contributed by atoms with van der Waals surface area (Å²) < 4.78 is 10.5. The third-order valence-electron chi connectivity index (χ3n) is 3.06. The van der Waals surface area contributed by atoms with E-state index in [2.05, 4.69) is 10.6 Å². The zero-order valence-electron chi connectivity index (χ0n) is 11.3. The van der Waals surface area contributed by atoms with Crippen LogP contribution >= 0.6 is 0 Å². The Hall–Kier alpha value is -2.89. The smallest absolute Gasteiger partial charge is 0.319 e. The van der Waals surface area contributed by atoms with Gasteiger partial charge in [-0.25, -0.2) is 4.79 Å². The highest BCUT2D eigenvalue weighted by Gasteiger charge is 2.13. The Morgan fingerprint density at radius 2 is 1.86 bits per heavy atom. The van der Waals surface area contributed by atoms with E-state index in [-0.39, 0.29) is 12.8 Å². The SMILES string of the molecule is Nc1ccc(NC(=O)NCc2ccc3c(c2)OCO3)cc1. The van der Waals surface area contributed by atoms with Gasteiger partial charge in [-0.2, -0.15) is 0 Å². The van der Waals surface area contributed by atoms with Crippen molar-refractivity contribution in [3.8, 4) is 11.5 Å². The highest BCUT2D eigenvalue weighted by molar-refractivity contribution is 5.89. The summed E-state index contributed by atoms with van der Waals surface area (Å²) in [6.07, 6.45) is 0. The minimum atomic E-state index is -0.280. The standard InChI is InChI=1S/C15H15N3O3/c16-11-2-4-12(5-3-11)18-15(19)17-8-10-1-6-13-14(7-10)21-9-20-13/h1-7H,8-9,16H2,(H2,17,18,19). The number of nitrogens with two attached hydrogens (primary N) is 1. The second-order valence-electron chi connectivity index (χ2n) is 4.62. The van der Waals surface area contributed by atoms with Crippen LogP contribution in [0.25, 0.3) is 0 Å². The van der Waals surface area contributed by atoms with Crippen molar-refractivity contribution in [3.63, 3.8) is 0 Å². The van der Waals surface area contributed by atoms with E-state index in [4.69, 9.17) is 15.2 Å². The number of carbonyl (C=O) groups is 1. The van der Waals surface area contributed by atoms with Gasteiger partial charge in [-0.3, -0.25) is 0 Å². The third kappa shape index (κ3) is 3.17. The van der Waals surface area contributed by atoms with Crippen molar-refractivity contribution < 1.29 is 14.3 Å². The lowest BCUT2D eigenvalue weighted by atomic mass is 10.2. The van der Waals surface area contributed by atoms with Crippen molar-refractivity contribution in [2.24, 2.45) is 0 Å². The maximum absolute atomic E-state index is 11.8. The van der Waals surface area contributed by atoms with Crippen molar-refractivity contribution in [3.05, 3.63) is 48.0 Å². The molecule has 0 spiro atoms. The molecule has 4 N–H and O–H groups in total. The summed E-state index contributed by atoms with van der Waals surface area (Å²) in [7, 11) is 0. The monoisotopic (exact) mass is 285 g/mol. The Morgan fingerprint density at radius 3 is 2.67 bits per heavy atom. The fraction of sp³-hybridized carbons (Fsp3) is 0.133. The van der Waals surface area contributed by atoms with Crippen LogP contribution in [0.2, 0.25) is 0 Å². The van der Waals surface area contributed by atoms with Crippen molar-refractivity contribution >= 4 is 17.4 Å². The summed E-state index contributed by atoms with van der Waals surface area (Å²) in [5.74, 6) is 1.43. The van der Waals surface area contributed by atoms with Crippen LogP contribution in [0, 0.1) is 0 Å². The molecular formula is C15H15N3O3. The molecule has 0 aromatic heterocycles. The predicted molar refractivity (Wildman–Crippen MR) is 79.3 cm³/mol. The molecule has 0 saturated carbocycles. The van der Waals surface area contributed by atoms with E-state index in [1.54, 1.807) is 24.3 Å². The van der Waals surface area contributed by atoms with E-state index in [9.17, 15) is 4.79 Å². The van der Waals surface area contributed by atoms with Gasteiger partial charge in [-0.05, 0) is 42.0 Å². The van der Waals surface area contributed by atoms with E-state index in [0.29, 0.717) is 23.7 Å². The van der Waals surface area contributed by atoms with Gasteiger partial charge in [0.1, 0.15) is 0 Å². The number of nitrogen functional groups attached to an aromatic ring is 1. The molecule has 0 radical (unpaired) electrons. The van der Waals surface area contributed by atoms with Crippen LogP contribution in [-0.4, -0.2) is 12.8 Å². The van der Waals surface area contributed by atoms with E-state index < -0.39 is 0 Å². The Balaban J connectivity index is 1.55. The van der Waals surface area contributed by atoms with Crippen LogP contribution in [0.3, 0.4) is 0 Å². The Kier molecular flexibility index (Phi) is 3.51. The van der Waals surface area contributed by atoms with Crippen LogP contribution in [0.15, 0.2) is 42.5 Å². The minimum absolute atomic E-state index is 0.240. The largest absolute Gasteiger partial charge is 0.454 e. The molecule has 2 amide bonds. The first kappa shape index (κ1) is 13.1. The molecule has 0 atom stereocenters. The lowest BCUT2D eigenvalue weighted by Gasteiger charge is -2.08. The number of fused-ring (bicyclic) bond motifs is 1. The highest BCUT2D eigenvalue weighted by atomic mass is 16.7. The molecule has 2 aromatic carbocycles. The first-order chi connectivity index (χ1) is 10.2. The summed E-state index contributed by atoms with van der Waals surface area (Å²) in [6.45, 7) is 0.640. The summed E-state index contributed by atoms with van der Waals surface area (Å²) >= 11 is 0. The van der Waals surface area contributed by atoms with Gasteiger partial charge in [-0.15, -0.1) is 0 Å². The van der Waals surface area contributed by atoms with Gasteiger partial charge < -0.3 is 25.8 Å². The normalized spacial score (nSPS) is 12.0.